The van der Waals surface area contributed by atoms with E-state index in [4.69, 9.17) is 4.74 Å². The SMILES string of the molecule is CSc1nnc(C2CCCN(CC(=O)Nc3ccc(Oc4ccccc4)cc3)C2)n1C. The second-order valence-electron chi connectivity index (χ2n) is 7.67. The monoisotopic (exact) mass is 437 g/mol. The van der Waals surface area contributed by atoms with Crippen LogP contribution < -0.4 is 10.1 Å². The van der Waals surface area contributed by atoms with Crippen LogP contribution in [0.2, 0.25) is 0 Å². The van der Waals surface area contributed by atoms with Crippen molar-refractivity contribution >= 4 is 23.4 Å². The summed E-state index contributed by atoms with van der Waals surface area (Å²) in [4.78, 5) is 14.8. The normalized spacial score (nSPS) is 16.8. The van der Waals surface area contributed by atoms with E-state index in [0.717, 1.165) is 54.1 Å². The molecule has 8 heteroatoms. The Morgan fingerprint density at radius 3 is 2.58 bits per heavy atom. The largest absolute Gasteiger partial charge is 0.457 e. The molecule has 1 saturated heterocycles. The number of thioether (sulfide) groups is 1. The van der Waals surface area contributed by atoms with Crippen LogP contribution in [0.3, 0.4) is 0 Å². The van der Waals surface area contributed by atoms with Gasteiger partial charge in [0.05, 0.1) is 6.54 Å². The average molecular weight is 438 g/mol. The number of benzene rings is 2. The summed E-state index contributed by atoms with van der Waals surface area (Å²) < 4.78 is 7.87. The molecule has 1 aromatic heterocycles. The Kier molecular flexibility index (Phi) is 6.89. The fraction of sp³-hybridized carbons (Fsp3) is 0.348. The average Bonchev–Trinajstić information content (AvgIpc) is 3.16. The molecule has 1 N–H and O–H groups in total. The standard InChI is InChI=1S/C23H27N5O2S/c1-27-22(25-26-23(27)31-2)17-7-6-14-28(15-17)16-21(29)24-18-10-12-20(13-11-18)30-19-8-4-3-5-9-19/h3-5,8-13,17H,6-7,14-16H2,1-2H3,(H,24,29). The van der Waals surface area contributed by atoms with E-state index in [1.165, 1.54) is 0 Å². The number of rotatable bonds is 7. The second-order valence-corrected chi connectivity index (χ2v) is 8.44. The Morgan fingerprint density at radius 2 is 1.87 bits per heavy atom. The molecular formula is C23H27N5O2S. The van der Waals surface area contributed by atoms with Crippen LogP contribution >= 0.6 is 11.8 Å². The van der Waals surface area contributed by atoms with Gasteiger partial charge in [-0.3, -0.25) is 9.69 Å². The van der Waals surface area contributed by atoms with Gasteiger partial charge in [0.25, 0.3) is 0 Å². The Morgan fingerprint density at radius 1 is 1.13 bits per heavy atom. The van der Waals surface area contributed by atoms with Gasteiger partial charge in [0, 0.05) is 25.2 Å². The van der Waals surface area contributed by atoms with Crippen molar-refractivity contribution in [3.8, 4) is 11.5 Å². The van der Waals surface area contributed by atoms with Crippen molar-refractivity contribution < 1.29 is 9.53 Å². The van der Waals surface area contributed by atoms with Crippen molar-refractivity contribution in [2.75, 3.05) is 31.2 Å². The van der Waals surface area contributed by atoms with Crippen molar-refractivity contribution in [3.05, 3.63) is 60.4 Å². The molecule has 7 nitrogen and oxygen atoms in total. The predicted octanol–water partition coefficient (Wildman–Crippen LogP) is 4.15. The molecule has 0 bridgehead atoms. The van der Waals surface area contributed by atoms with E-state index >= 15 is 0 Å². The van der Waals surface area contributed by atoms with Gasteiger partial charge in [0.2, 0.25) is 5.91 Å². The van der Waals surface area contributed by atoms with E-state index in [1.54, 1.807) is 11.8 Å². The predicted molar refractivity (Wildman–Crippen MR) is 123 cm³/mol. The summed E-state index contributed by atoms with van der Waals surface area (Å²) in [6.45, 7) is 2.10. The number of ether oxygens (including phenoxy) is 1. The Balaban J connectivity index is 1.30. The van der Waals surface area contributed by atoms with Gasteiger partial charge in [-0.1, -0.05) is 30.0 Å². The van der Waals surface area contributed by atoms with Crippen LogP contribution in [-0.2, 0) is 11.8 Å². The lowest BCUT2D eigenvalue weighted by Crippen LogP contribution is -2.40. The van der Waals surface area contributed by atoms with E-state index in [0.29, 0.717) is 12.5 Å². The summed E-state index contributed by atoms with van der Waals surface area (Å²) in [6.07, 6.45) is 4.12. The molecule has 4 rings (SSSR count). The first-order valence-corrected chi connectivity index (χ1v) is 11.6. The number of hydrogen-bond acceptors (Lipinski definition) is 6. The number of nitrogens with zero attached hydrogens (tertiary/aromatic N) is 4. The summed E-state index contributed by atoms with van der Waals surface area (Å²) >= 11 is 1.60. The van der Waals surface area contributed by atoms with Crippen LogP contribution in [0.4, 0.5) is 5.69 Å². The van der Waals surface area contributed by atoms with Crippen LogP contribution in [0.25, 0.3) is 0 Å². The van der Waals surface area contributed by atoms with Crippen molar-refractivity contribution in [2.24, 2.45) is 7.05 Å². The van der Waals surface area contributed by atoms with Gasteiger partial charge in [0.1, 0.15) is 17.3 Å². The zero-order valence-electron chi connectivity index (χ0n) is 17.8. The minimum atomic E-state index is -0.0138. The molecule has 0 aliphatic carbocycles. The smallest absolute Gasteiger partial charge is 0.238 e. The molecule has 1 aliphatic rings. The zero-order valence-corrected chi connectivity index (χ0v) is 18.6. The van der Waals surface area contributed by atoms with Crippen molar-refractivity contribution in [2.45, 2.75) is 23.9 Å². The molecule has 2 heterocycles. The van der Waals surface area contributed by atoms with Crippen LogP contribution in [0.5, 0.6) is 11.5 Å². The fourth-order valence-corrected chi connectivity index (χ4v) is 4.39. The number of anilines is 1. The highest BCUT2D eigenvalue weighted by Gasteiger charge is 2.26. The number of likely N-dealkylation sites (tertiary alicyclic amines) is 1. The van der Waals surface area contributed by atoms with Gasteiger partial charge in [-0.05, 0) is 62.0 Å². The second kappa shape index (κ2) is 9.98. The first-order valence-electron chi connectivity index (χ1n) is 10.4. The first kappa shape index (κ1) is 21.4. The minimum Gasteiger partial charge on any atom is -0.457 e. The molecule has 31 heavy (non-hydrogen) atoms. The van der Waals surface area contributed by atoms with E-state index < -0.39 is 0 Å². The molecule has 0 spiro atoms. The van der Waals surface area contributed by atoms with Gasteiger partial charge in [0.15, 0.2) is 5.16 Å². The van der Waals surface area contributed by atoms with Gasteiger partial charge in [-0.2, -0.15) is 0 Å². The van der Waals surface area contributed by atoms with Crippen LogP contribution in [0.1, 0.15) is 24.6 Å². The number of aromatic nitrogens is 3. The highest BCUT2D eigenvalue weighted by Crippen LogP contribution is 2.27. The van der Waals surface area contributed by atoms with E-state index in [1.807, 2.05) is 67.9 Å². The third-order valence-corrected chi connectivity index (χ3v) is 6.13. The van der Waals surface area contributed by atoms with Crippen LogP contribution in [0, 0.1) is 0 Å². The van der Waals surface area contributed by atoms with Gasteiger partial charge < -0.3 is 14.6 Å². The Hall–Kier alpha value is -2.84. The van der Waals surface area contributed by atoms with E-state index in [9.17, 15) is 4.79 Å². The van der Waals surface area contributed by atoms with Crippen molar-refractivity contribution in [1.29, 1.82) is 0 Å². The first-order chi connectivity index (χ1) is 15.1. The number of amides is 1. The quantitative estimate of drug-likeness (QED) is 0.560. The minimum absolute atomic E-state index is 0.0138. The Labute approximate surface area is 186 Å². The summed E-state index contributed by atoms with van der Waals surface area (Å²) in [5.74, 6) is 2.81. The van der Waals surface area contributed by atoms with E-state index in [-0.39, 0.29) is 5.91 Å². The summed E-state index contributed by atoms with van der Waals surface area (Å²) in [7, 11) is 2.01. The lowest BCUT2D eigenvalue weighted by atomic mass is 9.97. The summed E-state index contributed by atoms with van der Waals surface area (Å²) in [6, 6.07) is 17.1. The highest BCUT2D eigenvalue weighted by atomic mass is 32.2. The summed E-state index contributed by atoms with van der Waals surface area (Å²) in [5.41, 5.74) is 0.761. The Bertz CT molecular complexity index is 1010. The molecule has 162 valence electrons. The lowest BCUT2D eigenvalue weighted by Gasteiger charge is -2.31. The molecule has 1 unspecified atom stereocenters. The molecule has 0 saturated carbocycles. The maximum absolute atomic E-state index is 12.6. The van der Waals surface area contributed by atoms with Gasteiger partial charge in [-0.25, -0.2) is 0 Å². The topological polar surface area (TPSA) is 72.3 Å². The van der Waals surface area contributed by atoms with Crippen molar-refractivity contribution in [3.63, 3.8) is 0 Å². The molecule has 1 fully saturated rings. The molecule has 1 atom stereocenters. The highest BCUT2D eigenvalue weighted by molar-refractivity contribution is 7.98. The van der Waals surface area contributed by atoms with Crippen LogP contribution in [-0.4, -0.2) is 51.5 Å². The molecule has 0 radical (unpaired) electrons. The fourth-order valence-electron chi connectivity index (χ4n) is 3.90. The maximum atomic E-state index is 12.6. The molecule has 2 aromatic carbocycles. The van der Waals surface area contributed by atoms with Crippen molar-refractivity contribution in [1.82, 2.24) is 19.7 Å². The number of carbonyl (C=O) groups is 1. The molecular weight excluding hydrogens is 410 g/mol. The number of hydrogen-bond donors (Lipinski definition) is 1. The number of piperidine rings is 1. The maximum Gasteiger partial charge on any atom is 0.238 e. The molecule has 1 amide bonds. The third kappa shape index (κ3) is 5.45. The number of nitrogens with one attached hydrogen (secondary N) is 1. The molecule has 3 aromatic rings. The number of para-hydroxylation sites is 1. The van der Waals surface area contributed by atoms with Crippen LogP contribution in [0.15, 0.2) is 59.8 Å². The summed E-state index contributed by atoms with van der Waals surface area (Å²) in [5, 5.41) is 12.5. The number of carbonyl (C=O) groups excluding carboxylic acids is 1. The third-order valence-electron chi connectivity index (χ3n) is 5.41. The molecule has 1 aliphatic heterocycles. The van der Waals surface area contributed by atoms with Gasteiger partial charge in [-0.15, -0.1) is 10.2 Å². The van der Waals surface area contributed by atoms with E-state index in [2.05, 4.69) is 25.0 Å². The lowest BCUT2D eigenvalue weighted by molar-refractivity contribution is -0.117. The van der Waals surface area contributed by atoms with Gasteiger partial charge >= 0.3 is 0 Å². The zero-order chi connectivity index (χ0) is 21.6.